The van der Waals surface area contributed by atoms with Crippen molar-refractivity contribution in [1.29, 1.82) is 0 Å². The number of rotatable bonds is 4. The van der Waals surface area contributed by atoms with E-state index in [4.69, 9.17) is 28.3 Å². The first-order valence-electron chi connectivity index (χ1n) is 6.26. The summed E-state index contributed by atoms with van der Waals surface area (Å²) in [4.78, 5) is 34.5. The molecule has 9 heteroatoms. The summed E-state index contributed by atoms with van der Waals surface area (Å²) in [5, 5.41) is 13.9. The highest BCUT2D eigenvalue weighted by molar-refractivity contribution is 8.00. The zero-order chi connectivity index (χ0) is 16.3. The van der Waals surface area contributed by atoms with Crippen LogP contribution in [0.4, 0.5) is 5.69 Å². The van der Waals surface area contributed by atoms with Gasteiger partial charge in [-0.05, 0) is 18.2 Å². The Bertz CT molecular complexity index is 626. The van der Waals surface area contributed by atoms with Crippen LogP contribution in [0.2, 0.25) is 10.0 Å². The number of carbonyl (C=O) groups excluding carboxylic acids is 2. The lowest BCUT2D eigenvalue weighted by Gasteiger charge is -2.25. The van der Waals surface area contributed by atoms with Crippen LogP contribution in [0, 0.1) is 0 Å². The van der Waals surface area contributed by atoms with Gasteiger partial charge in [0.1, 0.15) is 6.04 Å². The summed E-state index contributed by atoms with van der Waals surface area (Å²) in [5.74, 6) is -1.67. The average molecular weight is 363 g/mol. The highest BCUT2D eigenvalue weighted by Gasteiger charge is 2.33. The van der Waals surface area contributed by atoms with E-state index in [0.29, 0.717) is 15.7 Å². The molecule has 1 aliphatic heterocycles. The number of aliphatic carboxylic acids is 1. The Morgan fingerprint density at radius 2 is 2.09 bits per heavy atom. The van der Waals surface area contributed by atoms with Crippen molar-refractivity contribution in [2.45, 2.75) is 17.7 Å². The van der Waals surface area contributed by atoms with E-state index >= 15 is 0 Å². The Hall–Kier alpha value is -1.44. The van der Waals surface area contributed by atoms with Gasteiger partial charge in [-0.2, -0.15) is 0 Å². The molecule has 118 valence electrons. The van der Waals surface area contributed by atoms with E-state index in [1.807, 2.05) is 0 Å². The molecule has 2 atom stereocenters. The third kappa shape index (κ3) is 4.28. The molecule has 0 radical (unpaired) electrons. The normalized spacial score (nSPS) is 21.1. The monoisotopic (exact) mass is 362 g/mol. The Labute approximate surface area is 140 Å². The molecule has 2 rings (SSSR count). The smallest absolute Gasteiger partial charge is 0.327 e. The summed E-state index contributed by atoms with van der Waals surface area (Å²) < 4.78 is 0. The number of thioether (sulfide) groups is 1. The van der Waals surface area contributed by atoms with E-state index in [0.717, 1.165) is 11.8 Å². The Morgan fingerprint density at radius 1 is 1.36 bits per heavy atom. The maximum atomic E-state index is 11.9. The van der Waals surface area contributed by atoms with Gasteiger partial charge in [-0.25, -0.2) is 4.79 Å². The zero-order valence-corrected chi connectivity index (χ0v) is 13.5. The van der Waals surface area contributed by atoms with Crippen molar-refractivity contribution in [3.8, 4) is 0 Å². The van der Waals surface area contributed by atoms with Crippen molar-refractivity contribution in [2.24, 2.45) is 0 Å². The topological polar surface area (TPSA) is 95.5 Å². The van der Waals surface area contributed by atoms with Crippen LogP contribution in [0.1, 0.15) is 6.42 Å². The van der Waals surface area contributed by atoms with Crippen molar-refractivity contribution < 1.29 is 19.5 Å². The van der Waals surface area contributed by atoms with Crippen LogP contribution in [0.15, 0.2) is 18.2 Å². The molecule has 0 unspecified atom stereocenters. The molecule has 0 spiro atoms. The summed E-state index contributed by atoms with van der Waals surface area (Å²) in [7, 11) is 0. The van der Waals surface area contributed by atoms with Crippen molar-refractivity contribution >= 4 is 58.4 Å². The molecule has 0 bridgehead atoms. The SMILES string of the molecule is O=C(C[C@H]1SC[C@@H](C(=O)O)NC1=O)Nc1ccc(Cl)c(Cl)c1. The third-order valence-corrected chi connectivity index (χ3v) is 4.99. The minimum absolute atomic E-state index is 0.0525. The van der Waals surface area contributed by atoms with Crippen LogP contribution in [0.3, 0.4) is 0 Å². The van der Waals surface area contributed by atoms with Gasteiger partial charge in [0, 0.05) is 17.9 Å². The lowest BCUT2D eigenvalue weighted by molar-refractivity contribution is -0.141. The molecule has 0 aliphatic carbocycles. The standard InChI is InChI=1S/C13H12Cl2N2O4S/c14-7-2-1-6(3-8(7)15)16-11(18)4-10-12(19)17-9(5-22-10)13(20)21/h1-3,9-10H,4-5H2,(H,16,18)(H,17,19)(H,20,21)/t9-,10+/m0/s1. The number of carboxylic acids is 1. The van der Waals surface area contributed by atoms with Gasteiger partial charge in [-0.3, -0.25) is 9.59 Å². The Morgan fingerprint density at radius 3 is 2.68 bits per heavy atom. The third-order valence-electron chi connectivity index (χ3n) is 2.95. The first-order chi connectivity index (χ1) is 10.4. The number of carbonyl (C=O) groups is 3. The van der Waals surface area contributed by atoms with Gasteiger partial charge in [0.05, 0.1) is 15.3 Å². The van der Waals surface area contributed by atoms with Gasteiger partial charge >= 0.3 is 5.97 Å². The van der Waals surface area contributed by atoms with E-state index in [1.165, 1.54) is 6.07 Å². The van der Waals surface area contributed by atoms with E-state index in [-0.39, 0.29) is 18.1 Å². The maximum Gasteiger partial charge on any atom is 0.327 e. The van der Waals surface area contributed by atoms with Gasteiger partial charge in [0.2, 0.25) is 11.8 Å². The fourth-order valence-corrected chi connectivity index (χ4v) is 3.27. The van der Waals surface area contributed by atoms with Crippen LogP contribution < -0.4 is 10.6 Å². The second kappa shape index (κ2) is 7.21. The number of amides is 2. The Kier molecular flexibility index (Phi) is 5.55. The van der Waals surface area contributed by atoms with Crippen LogP contribution in [0.25, 0.3) is 0 Å². The van der Waals surface area contributed by atoms with E-state index < -0.39 is 23.2 Å². The van der Waals surface area contributed by atoms with Gasteiger partial charge in [-0.1, -0.05) is 23.2 Å². The van der Waals surface area contributed by atoms with Gasteiger partial charge in [0.25, 0.3) is 0 Å². The van der Waals surface area contributed by atoms with Crippen LogP contribution in [-0.4, -0.2) is 39.9 Å². The Balaban J connectivity index is 1.91. The molecule has 6 nitrogen and oxygen atoms in total. The molecule has 1 fully saturated rings. The molecule has 1 aromatic carbocycles. The fourth-order valence-electron chi connectivity index (χ4n) is 1.83. The van der Waals surface area contributed by atoms with Crippen molar-refractivity contribution in [3.05, 3.63) is 28.2 Å². The fraction of sp³-hybridized carbons (Fsp3) is 0.308. The summed E-state index contributed by atoms with van der Waals surface area (Å²) in [6.45, 7) is 0. The van der Waals surface area contributed by atoms with Gasteiger partial charge in [-0.15, -0.1) is 11.8 Å². The number of carboxylic acid groups (broad SMARTS) is 1. The minimum atomic E-state index is -1.08. The molecule has 3 N–H and O–H groups in total. The highest BCUT2D eigenvalue weighted by atomic mass is 35.5. The predicted molar refractivity (Wildman–Crippen MR) is 85.5 cm³/mol. The molecule has 1 saturated heterocycles. The second-order valence-electron chi connectivity index (χ2n) is 4.60. The molecule has 1 aliphatic rings. The first kappa shape index (κ1) is 16.9. The molecule has 0 saturated carbocycles. The highest BCUT2D eigenvalue weighted by Crippen LogP contribution is 2.26. The molecule has 1 heterocycles. The summed E-state index contributed by atoms with van der Waals surface area (Å²) in [6, 6.07) is 3.75. The lowest BCUT2D eigenvalue weighted by Crippen LogP contribution is -2.51. The zero-order valence-electron chi connectivity index (χ0n) is 11.1. The summed E-state index contributed by atoms with van der Waals surface area (Å²) in [6.07, 6.45) is -0.0525. The molecule has 0 aromatic heterocycles. The molecular weight excluding hydrogens is 351 g/mol. The minimum Gasteiger partial charge on any atom is -0.480 e. The number of benzene rings is 1. The van der Waals surface area contributed by atoms with Crippen LogP contribution >= 0.6 is 35.0 Å². The molecule has 2 amide bonds. The van der Waals surface area contributed by atoms with E-state index in [1.54, 1.807) is 12.1 Å². The van der Waals surface area contributed by atoms with Crippen LogP contribution in [0.5, 0.6) is 0 Å². The number of nitrogens with one attached hydrogen (secondary N) is 2. The van der Waals surface area contributed by atoms with E-state index in [2.05, 4.69) is 10.6 Å². The summed E-state index contributed by atoms with van der Waals surface area (Å²) >= 11 is 12.8. The van der Waals surface area contributed by atoms with Crippen molar-refractivity contribution in [1.82, 2.24) is 5.32 Å². The lowest BCUT2D eigenvalue weighted by atomic mass is 10.2. The first-order valence-corrected chi connectivity index (χ1v) is 8.07. The molecule has 1 aromatic rings. The largest absolute Gasteiger partial charge is 0.480 e. The van der Waals surface area contributed by atoms with Crippen LogP contribution in [-0.2, 0) is 14.4 Å². The van der Waals surface area contributed by atoms with Crippen molar-refractivity contribution in [2.75, 3.05) is 11.1 Å². The summed E-state index contributed by atoms with van der Waals surface area (Å²) in [5.41, 5.74) is 0.476. The predicted octanol–water partition coefficient (Wildman–Crippen LogP) is 2.01. The second-order valence-corrected chi connectivity index (χ2v) is 6.65. The van der Waals surface area contributed by atoms with E-state index in [9.17, 15) is 14.4 Å². The number of anilines is 1. The number of halogens is 2. The number of hydrogen-bond acceptors (Lipinski definition) is 4. The van der Waals surface area contributed by atoms with Gasteiger partial charge < -0.3 is 15.7 Å². The van der Waals surface area contributed by atoms with Crippen molar-refractivity contribution in [3.63, 3.8) is 0 Å². The quantitative estimate of drug-likeness (QED) is 0.761. The average Bonchev–Trinajstić information content (AvgIpc) is 2.45. The van der Waals surface area contributed by atoms with Gasteiger partial charge in [0.15, 0.2) is 0 Å². The maximum absolute atomic E-state index is 11.9. The molecule has 22 heavy (non-hydrogen) atoms. The molecular formula is C13H12Cl2N2O4S. The number of hydrogen-bond donors (Lipinski definition) is 3.